The minimum atomic E-state index is -0.309. The zero-order valence-corrected chi connectivity index (χ0v) is 7.90. The van der Waals surface area contributed by atoms with Gasteiger partial charge in [-0.05, 0) is 12.5 Å². The molecule has 0 aromatic heterocycles. The van der Waals surface area contributed by atoms with E-state index in [4.69, 9.17) is 0 Å². The molecule has 0 radical (unpaired) electrons. The van der Waals surface area contributed by atoms with Gasteiger partial charge in [0.1, 0.15) is 5.76 Å². The number of carbonyl (C=O) groups is 1. The van der Waals surface area contributed by atoms with E-state index in [2.05, 4.69) is 4.99 Å². The van der Waals surface area contributed by atoms with Crippen LogP contribution in [0.15, 0.2) is 40.6 Å². The summed E-state index contributed by atoms with van der Waals surface area (Å²) in [6, 6.07) is 0. The van der Waals surface area contributed by atoms with Crippen LogP contribution in [0.25, 0.3) is 0 Å². The summed E-state index contributed by atoms with van der Waals surface area (Å²) >= 11 is 0. The number of rotatable bonds is 1. The van der Waals surface area contributed by atoms with E-state index in [0.717, 1.165) is 0 Å². The topological polar surface area (TPSA) is 49.7 Å². The molecular formula is C11H11NO2. The van der Waals surface area contributed by atoms with Crippen molar-refractivity contribution < 1.29 is 9.90 Å². The lowest BCUT2D eigenvalue weighted by atomic mass is 9.90. The van der Waals surface area contributed by atoms with Crippen molar-refractivity contribution in [2.45, 2.75) is 13.3 Å². The van der Waals surface area contributed by atoms with Gasteiger partial charge in [-0.25, -0.2) is 4.99 Å². The number of amides is 1. The molecular weight excluding hydrogens is 178 g/mol. The highest BCUT2D eigenvalue weighted by atomic mass is 16.3. The fourth-order valence-corrected chi connectivity index (χ4v) is 1.68. The second kappa shape index (κ2) is 3.25. The summed E-state index contributed by atoms with van der Waals surface area (Å²) in [6.45, 7) is 1.84. The van der Waals surface area contributed by atoms with Gasteiger partial charge in [-0.2, -0.15) is 0 Å². The average molecular weight is 189 g/mol. The Morgan fingerprint density at radius 2 is 2.29 bits per heavy atom. The number of hydrogen-bond acceptors (Lipinski definition) is 2. The van der Waals surface area contributed by atoms with Gasteiger partial charge in [-0.15, -0.1) is 0 Å². The Balaban J connectivity index is 2.47. The molecule has 72 valence electrons. The lowest BCUT2D eigenvalue weighted by Gasteiger charge is -2.21. The van der Waals surface area contributed by atoms with Gasteiger partial charge in [-0.3, -0.25) is 4.79 Å². The van der Waals surface area contributed by atoms with E-state index in [1.165, 1.54) is 0 Å². The Kier molecular flexibility index (Phi) is 2.08. The van der Waals surface area contributed by atoms with Crippen LogP contribution in [0.2, 0.25) is 0 Å². The first kappa shape index (κ1) is 8.94. The van der Waals surface area contributed by atoms with E-state index in [1.807, 2.05) is 25.2 Å². The Labute approximate surface area is 82.2 Å². The van der Waals surface area contributed by atoms with E-state index in [-0.39, 0.29) is 17.6 Å². The van der Waals surface area contributed by atoms with Crippen LogP contribution in [0, 0.1) is 5.92 Å². The first-order valence-electron chi connectivity index (χ1n) is 4.63. The van der Waals surface area contributed by atoms with Crippen molar-refractivity contribution in [1.29, 1.82) is 0 Å². The third kappa shape index (κ3) is 1.21. The van der Waals surface area contributed by atoms with Crippen LogP contribution in [-0.4, -0.2) is 16.7 Å². The van der Waals surface area contributed by atoms with Gasteiger partial charge in [0.25, 0.3) is 5.91 Å². The van der Waals surface area contributed by atoms with Gasteiger partial charge in [0.05, 0.1) is 17.2 Å². The summed E-state index contributed by atoms with van der Waals surface area (Å²) in [5.41, 5.74) is 1.06. The number of aliphatic imine (C=N–C) groups is 1. The first-order valence-corrected chi connectivity index (χ1v) is 4.63. The van der Waals surface area contributed by atoms with Crippen molar-refractivity contribution >= 4 is 11.6 Å². The molecule has 1 aliphatic heterocycles. The molecule has 1 N–H and O–H groups in total. The van der Waals surface area contributed by atoms with Crippen molar-refractivity contribution in [2.75, 3.05) is 0 Å². The first-order chi connectivity index (χ1) is 6.74. The minimum absolute atomic E-state index is 0.156. The van der Waals surface area contributed by atoms with Gasteiger partial charge in [0.15, 0.2) is 0 Å². The predicted molar refractivity (Wildman–Crippen MR) is 54.2 cm³/mol. The van der Waals surface area contributed by atoms with Crippen molar-refractivity contribution in [3.8, 4) is 0 Å². The van der Waals surface area contributed by atoms with Crippen LogP contribution in [0.4, 0.5) is 0 Å². The number of hydrogen-bond donors (Lipinski definition) is 1. The number of fused-ring (bicyclic) bond motifs is 1. The number of dihydropyridines is 1. The summed E-state index contributed by atoms with van der Waals surface area (Å²) in [4.78, 5) is 15.4. The van der Waals surface area contributed by atoms with Crippen LogP contribution >= 0.6 is 0 Å². The van der Waals surface area contributed by atoms with Crippen molar-refractivity contribution in [2.24, 2.45) is 10.9 Å². The molecule has 0 saturated carbocycles. The number of carbonyl (C=O) groups excluding carboxylic acids is 1. The smallest absolute Gasteiger partial charge is 0.276 e. The molecule has 0 aromatic carbocycles. The maximum absolute atomic E-state index is 11.4. The minimum Gasteiger partial charge on any atom is -0.511 e. The number of allylic oxidation sites excluding steroid dienone is 4. The highest BCUT2D eigenvalue weighted by molar-refractivity contribution is 6.13. The summed E-state index contributed by atoms with van der Waals surface area (Å²) < 4.78 is 0. The second-order valence-corrected chi connectivity index (χ2v) is 3.28. The van der Waals surface area contributed by atoms with Crippen molar-refractivity contribution in [1.82, 2.24) is 0 Å². The Hall–Kier alpha value is -1.64. The van der Waals surface area contributed by atoms with Gasteiger partial charge in [0.2, 0.25) is 0 Å². The van der Waals surface area contributed by atoms with E-state index >= 15 is 0 Å². The highest BCUT2D eigenvalue weighted by Crippen LogP contribution is 2.26. The highest BCUT2D eigenvalue weighted by Gasteiger charge is 2.28. The van der Waals surface area contributed by atoms with E-state index in [9.17, 15) is 9.90 Å². The Bertz CT molecular complexity index is 400. The molecule has 3 nitrogen and oxygen atoms in total. The van der Waals surface area contributed by atoms with Gasteiger partial charge in [-0.1, -0.05) is 25.2 Å². The molecule has 14 heavy (non-hydrogen) atoms. The molecule has 1 atom stereocenters. The Morgan fingerprint density at radius 3 is 3.00 bits per heavy atom. The maximum Gasteiger partial charge on any atom is 0.276 e. The lowest BCUT2D eigenvalue weighted by molar-refractivity contribution is -0.114. The van der Waals surface area contributed by atoms with Crippen LogP contribution in [0.5, 0.6) is 0 Å². The molecule has 0 fully saturated rings. The van der Waals surface area contributed by atoms with Gasteiger partial charge < -0.3 is 5.11 Å². The number of nitrogens with zero attached hydrogens (tertiary/aromatic N) is 1. The SMILES string of the molecule is CCC1=C(O)C2C=CC=CC2=NC1=O. The number of aliphatic hydroxyl groups excluding tert-OH is 1. The predicted octanol–water partition coefficient (Wildman–Crippen LogP) is 1.93. The zero-order chi connectivity index (χ0) is 10.1. The van der Waals surface area contributed by atoms with Crippen LogP contribution in [0.1, 0.15) is 13.3 Å². The Morgan fingerprint density at radius 1 is 1.50 bits per heavy atom. The second-order valence-electron chi connectivity index (χ2n) is 3.28. The van der Waals surface area contributed by atoms with E-state index in [0.29, 0.717) is 17.7 Å². The van der Waals surface area contributed by atoms with Crippen molar-refractivity contribution in [3.05, 3.63) is 35.6 Å². The third-order valence-electron chi connectivity index (χ3n) is 2.45. The van der Waals surface area contributed by atoms with Crippen LogP contribution < -0.4 is 0 Å². The summed E-state index contributed by atoms with van der Waals surface area (Å²) in [7, 11) is 0. The molecule has 0 spiro atoms. The largest absolute Gasteiger partial charge is 0.511 e. The molecule has 1 unspecified atom stereocenters. The molecule has 0 aromatic rings. The lowest BCUT2D eigenvalue weighted by Crippen LogP contribution is -2.24. The molecule has 0 saturated heterocycles. The quantitative estimate of drug-likeness (QED) is 0.685. The molecule has 1 aliphatic carbocycles. The van der Waals surface area contributed by atoms with Crippen molar-refractivity contribution in [3.63, 3.8) is 0 Å². The summed E-state index contributed by atoms with van der Waals surface area (Å²) in [5, 5.41) is 9.83. The maximum atomic E-state index is 11.4. The molecule has 3 heteroatoms. The number of aliphatic hydroxyl groups is 1. The van der Waals surface area contributed by atoms with Gasteiger partial charge >= 0.3 is 0 Å². The van der Waals surface area contributed by atoms with E-state index in [1.54, 1.807) is 6.08 Å². The standard InChI is InChI=1S/C11H11NO2/c1-2-7-10(13)8-5-3-4-6-9(8)12-11(7)14/h3-6,8,13H,2H2,1H3. The fraction of sp³-hybridized carbons (Fsp3) is 0.273. The average Bonchev–Trinajstić information content (AvgIpc) is 2.18. The van der Waals surface area contributed by atoms with Crippen LogP contribution in [-0.2, 0) is 4.79 Å². The van der Waals surface area contributed by atoms with Gasteiger partial charge in [0, 0.05) is 0 Å². The van der Waals surface area contributed by atoms with E-state index < -0.39 is 0 Å². The monoisotopic (exact) mass is 189 g/mol. The molecule has 2 aliphatic rings. The summed E-state index contributed by atoms with van der Waals surface area (Å²) in [6.07, 6.45) is 7.78. The third-order valence-corrected chi connectivity index (χ3v) is 2.45. The normalized spacial score (nSPS) is 25.1. The molecule has 1 amide bonds. The zero-order valence-electron chi connectivity index (χ0n) is 7.90. The molecule has 2 rings (SSSR count). The fourth-order valence-electron chi connectivity index (χ4n) is 1.68. The summed E-state index contributed by atoms with van der Waals surface area (Å²) in [5.74, 6) is -0.369. The molecule has 1 heterocycles. The van der Waals surface area contributed by atoms with Crippen LogP contribution in [0.3, 0.4) is 0 Å². The molecule has 0 bridgehead atoms.